The van der Waals surface area contributed by atoms with Gasteiger partial charge in [-0.2, -0.15) is 0 Å². The van der Waals surface area contributed by atoms with Gasteiger partial charge in [0.25, 0.3) is 0 Å². The number of hydrogen-bond acceptors (Lipinski definition) is 10. The van der Waals surface area contributed by atoms with Crippen molar-refractivity contribution in [2.75, 3.05) is 83.0 Å². The Balaban J connectivity index is 0.000000838. The molecule has 250 valence electrons. The number of nitrogens with two attached hydrogens (primary N) is 1. The van der Waals surface area contributed by atoms with E-state index in [1.54, 1.807) is 0 Å². The Morgan fingerprint density at radius 3 is 2.73 bits per heavy atom. The van der Waals surface area contributed by atoms with Gasteiger partial charge in [0.2, 0.25) is 5.90 Å². The van der Waals surface area contributed by atoms with Gasteiger partial charge in [0.05, 0.1) is 25.4 Å². The molecule has 0 unspecified atom stereocenters. The number of hydrogen-bond donors (Lipinski definition) is 4. The van der Waals surface area contributed by atoms with Crippen LogP contribution in [0.1, 0.15) is 63.4 Å². The third-order valence-electron chi connectivity index (χ3n) is 8.52. The lowest BCUT2D eigenvalue weighted by atomic mass is 9.93. The predicted molar refractivity (Wildman–Crippen MR) is 183 cm³/mol. The highest BCUT2D eigenvalue weighted by Gasteiger charge is 2.28. The van der Waals surface area contributed by atoms with Crippen LogP contribution in [0.3, 0.4) is 0 Å². The van der Waals surface area contributed by atoms with E-state index < -0.39 is 5.97 Å². The number of nitrogens with one attached hydrogen (secondary N) is 2. The van der Waals surface area contributed by atoms with E-state index in [4.69, 9.17) is 10.6 Å². The van der Waals surface area contributed by atoms with E-state index in [2.05, 4.69) is 63.1 Å². The highest BCUT2D eigenvalue weighted by atomic mass is 16.5. The van der Waals surface area contributed by atoms with E-state index in [1.165, 1.54) is 0 Å². The average Bonchev–Trinajstić information content (AvgIpc) is 3.49. The zero-order chi connectivity index (χ0) is 32.4. The number of likely N-dealkylation sites (tertiary alicyclic amines) is 1. The third-order valence-corrected chi connectivity index (χ3v) is 8.52. The van der Waals surface area contributed by atoms with Gasteiger partial charge in [-0.15, -0.1) is 0 Å². The van der Waals surface area contributed by atoms with Crippen molar-refractivity contribution in [3.05, 3.63) is 48.1 Å². The molecule has 45 heavy (non-hydrogen) atoms. The summed E-state index contributed by atoms with van der Waals surface area (Å²) in [5.41, 5.74) is 6.78. The number of carboxylic acid groups (broad SMARTS) is 1. The largest absolute Gasteiger partial charge is 0.481 e. The highest BCUT2D eigenvalue weighted by Crippen LogP contribution is 2.31. The number of carboxylic acids is 1. The lowest BCUT2D eigenvalue weighted by Gasteiger charge is -2.35. The quantitative estimate of drug-likeness (QED) is 0.117. The average molecular weight is 626 g/mol. The van der Waals surface area contributed by atoms with E-state index in [0.29, 0.717) is 31.6 Å². The van der Waals surface area contributed by atoms with Crippen LogP contribution in [0.5, 0.6) is 0 Å². The highest BCUT2D eigenvalue weighted by molar-refractivity contribution is 5.88. The number of anilines is 2. The van der Waals surface area contributed by atoms with E-state index in [1.807, 2.05) is 18.2 Å². The van der Waals surface area contributed by atoms with E-state index in [9.17, 15) is 14.7 Å². The third kappa shape index (κ3) is 13.3. The maximum Gasteiger partial charge on any atom is 0.304 e. The molecular weight excluding hydrogens is 570 g/mol. The molecule has 1 aromatic carbocycles. The smallest absolute Gasteiger partial charge is 0.304 e. The van der Waals surface area contributed by atoms with Crippen LogP contribution in [0.15, 0.2) is 47.5 Å². The molecule has 1 aromatic rings. The van der Waals surface area contributed by atoms with Crippen molar-refractivity contribution in [1.29, 1.82) is 0 Å². The van der Waals surface area contributed by atoms with Crippen molar-refractivity contribution in [2.45, 2.75) is 57.8 Å². The Morgan fingerprint density at radius 2 is 2.04 bits per heavy atom. The van der Waals surface area contributed by atoms with Crippen molar-refractivity contribution in [3.8, 4) is 0 Å². The number of aldehydes is 1. The maximum absolute atomic E-state index is 11.9. The molecule has 0 aromatic heterocycles. The zero-order valence-corrected chi connectivity index (χ0v) is 27.4. The number of unbranched alkanes of at least 4 members (excludes halogenated alkanes) is 2. The van der Waals surface area contributed by atoms with Gasteiger partial charge in [0.15, 0.2) is 0 Å². The molecule has 11 nitrogen and oxygen atoms in total. The molecule has 4 rings (SSSR count). The molecule has 2 fully saturated rings. The first kappa shape index (κ1) is 36.2. The second kappa shape index (κ2) is 20.0. The summed E-state index contributed by atoms with van der Waals surface area (Å²) in [4.78, 5) is 33.0. The summed E-state index contributed by atoms with van der Waals surface area (Å²) in [6.45, 7) is 14.6. The minimum absolute atomic E-state index is 0.0758. The first-order chi connectivity index (χ1) is 21.8. The number of hydrazine groups is 1. The van der Waals surface area contributed by atoms with Gasteiger partial charge in [-0.3, -0.25) is 16.0 Å². The maximum atomic E-state index is 11.9. The summed E-state index contributed by atoms with van der Waals surface area (Å²) in [6.07, 6.45) is 10.9. The molecule has 11 heteroatoms. The number of benzene rings is 1. The molecule has 0 bridgehead atoms. The molecule has 0 saturated carbocycles. The van der Waals surface area contributed by atoms with Crippen LogP contribution in [0.2, 0.25) is 0 Å². The van der Waals surface area contributed by atoms with E-state index in [0.717, 1.165) is 113 Å². The summed E-state index contributed by atoms with van der Waals surface area (Å²) in [5, 5.41) is 13.1. The second-order valence-electron chi connectivity index (χ2n) is 12.3. The van der Waals surface area contributed by atoms with Crippen molar-refractivity contribution in [1.82, 2.24) is 15.1 Å². The van der Waals surface area contributed by atoms with Crippen LogP contribution in [-0.2, 0) is 14.3 Å². The molecule has 2 saturated heterocycles. The number of ether oxygens (including phenoxy) is 1. The molecule has 3 heterocycles. The van der Waals surface area contributed by atoms with Crippen LogP contribution in [0.25, 0.3) is 0 Å². The normalized spacial score (nSPS) is 22.4. The Labute approximate surface area is 269 Å². The standard InChI is InChI=1S/C29H45N7O3.C5H10O/c1-22-4-3-8-31-21-32-28(6-5-22)39-20-23-7-9-35(18-23)19-25(16-29(37)38)24-14-26(33-30)17-27(15-24)36-12-10-34(2)11-13-36;1-2-3-4-5-6/h5-6,14-15,17,23,25,31,33H,1,3-4,7-13,16,18-21,30H2,2H3,(H,37,38);5H,2-4H2,1H3/b6-5-,32-28+;/t23-,25-;/m1./s1. The van der Waals surface area contributed by atoms with Crippen LogP contribution in [0, 0.1) is 5.92 Å². The van der Waals surface area contributed by atoms with Crippen molar-refractivity contribution >= 4 is 29.5 Å². The van der Waals surface area contributed by atoms with Gasteiger partial charge in [-0.1, -0.05) is 31.6 Å². The molecule has 3 aliphatic rings. The van der Waals surface area contributed by atoms with Gasteiger partial charge in [-0.25, -0.2) is 4.99 Å². The molecular formula is C34H55N7O4. The Kier molecular flexibility index (Phi) is 16.1. The van der Waals surface area contributed by atoms with Crippen molar-refractivity contribution in [3.63, 3.8) is 0 Å². The fourth-order valence-electron chi connectivity index (χ4n) is 5.79. The number of carbonyl (C=O) groups is 2. The lowest BCUT2D eigenvalue weighted by molar-refractivity contribution is -0.137. The number of rotatable bonds is 12. The van der Waals surface area contributed by atoms with E-state index in [-0.39, 0.29) is 12.3 Å². The minimum Gasteiger partial charge on any atom is -0.481 e. The number of piperazine rings is 1. The first-order valence-corrected chi connectivity index (χ1v) is 16.5. The van der Waals surface area contributed by atoms with Gasteiger partial charge in [0.1, 0.15) is 6.29 Å². The van der Waals surface area contributed by atoms with E-state index >= 15 is 0 Å². The summed E-state index contributed by atoms with van der Waals surface area (Å²) in [6, 6.07) is 6.20. The van der Waals surface area contributed by atoms with Crippen molar-refractivity contribution in [2.24, 2.45) is 16.8 Å². The number of aliphatic imine (C=N–C) groups is 1. The number of allylic oxidation sites excluding steroid dienone is 2. The molecule has 0 radical (unpaired) electrons. The molecule has 2 atom stereocenters. The van der Waals surface area contributed by atoms with Crippen LogP contribution < -0.4 is 21.5 Å². The predicted octanol–water partition coefficient (Wildman–Crippen LogP) is 3.85. The number of likely N-dealkylation sites (N-methyl/N-ethyl adjacent to an activating group) is 1. The molecule has 0 aliphatic carbocycles. The summed E-state index contributed by atoms with van der Waals surface area (Å²) < 4.78 is 6.10. The Bertz CT molecular complexity index is 1130. The van der Waals surface area contributed by atoms with Gasteiger partial charge in [0, 0.05) is 69.3 Å². The number of carbonyl (C=O) groups excluding carboxylic acids is 1. The van der Waals surface area contributed by atoms with Gasteiger partial charge < -0.3 is 34.8 Å². The summed E-state index contributed by atoms with van der Waals surface area (Å²) in [7, 11) is 2.14. The Hall–Kier alpha value is -3.25. The monoisotopic (exact) mass is 625 g/mol. The Morgan fingerprint density at radius 1 is 1.24 bits per heavy atom. The molecule has 0 amide bonds. The molecule has 5 N–H and O–H groups in total. The SMILES string of the molecule is C=C1/C=C\C(OC[C@@H]2CCN(C[C@@H](CC(=O)O)c3cc(NN)cc(N4CCN(C)CC4)c3)C2)=N/CNCCC1.CCCCC=O. The van der Waals surface area contributed by atoms with Gasteiger partial charge >= 0.3 is 5.97 Å². The van der Waals surface area contributed by atoms with Crippen LogP contribution in [0.4, 0.5) is 11.4 Å². The summed E-state index contributed by atoms with van der Waals surface area (Å²) in [5.74, 6) is 5.90. The first-order valence-electron chi connectivity index (χ1n) is 16.5. The minimum atomic E-state index is -0.790. The van der Waals surface area contributed by atoms with Crippen molar-refractivity contribution < 1.29 is 19.4 Å². The fourth-order valence-corrected chi connectivity index (χ4v) is 5.79. The molecule has 0 spiro atoms. The topological polar surface area (TPSA) is 136 Å². The zero-order valence-electron chi connectivity index (χ0n) is 27.4. The summed E-state index contributed by atoms with van der Waals surface area (Å²) >= 11 is 0. The second-order valence-corrected chi connectivity index (χ2v) is 12.3. The van der Waals surface area contributed by atoms with Crippen LogP contribution in [-0.4, -0.2) is 106 Å². The lowest BCUT2D eigenvalue weighted by Crippen LogP contribution is -2.44. The van der Waals surface area contributed by atoms with Gasteiger partial charge in [-0.05, 0) is 69.6 Å². The number of nitrogen functional groups attached to an aromatic ring is 1. The fraction of sp³-hybridized carbons (Fsp3) is 0.618. The molecule has 3 aliphatic heterocycles. The number of aliphatic carboxylic acids is 1. The number of nitrogens with zero attached hydrogens (tertiary/aromatic N) is 4. The van der Waals surface area contributed by atoms with Crippen LogP contribution >= 0.6 is 0 Å².